The summed E-state index contributed by atoms with van der Waals surface area (Å²) in [5.74, 6) is 0. The van der Waals surface area contributed by atoms with Crippen molar-refractivity contribution in [2.45, 2.75) is 13.3 Å². The summed E-state index contributed by atoms with van der Waals surface area (Å²) in [6.07, 6.45) is 1.01. The second kappa shape index (κ2) is 6.71. The van der Waals surface area contributed by atoms with Crippen LogP contribution in [-0.2, 0) is 0 Å². The number of hydrogen-bond acceptors (Lipinski definition) is 2. The summed E-state index contributed by atoms with van der Waals surface area (Å²) in [7, 11) is 5.89. The van der Waals surface area contributed by atoms with Gasteiger partial charge in [0.1, 0.15) is 0 Å². The standard InChI is InChI=1S/C9H21N3O/c1-5-10-9(13)12(4)8-6-7-11(2)3/h5-8H2,1-4H3,(H,10,13). The van der Waals surface area contributed by atoms with Gasteiger partial charge < -0.3 is 15.1 Å². The normalized spacial score (nSPS) is 10.2. The Morgan fingerprint density at radius 3 is 2.31 bits per heavy atom. The predicted octanol–water partition coefficient (Wildman–Crippen LogP) is 0.599. The van der Waals surface area contributed by atoms with Gasteiger partial charge in [-0.25, -0.2) is 4.79 Å². The molecule has 0 saturated carbocycles. The first-order valence-electron chi connectivity index (χ1n) is 4.71. The highest BCUT2D eigenvalue weighted by Crippen LogP contribution is 1.89. The van der Waals surface area contributed by atoms with E-state index in [2.05, 4.69) is 10.2 Å². The number of nitrogens with zero attached hydrogens (tertiary/aromatic N) is 2. The lowest BCUT2D eigenvalue weighted by Crippen LogP contribution is -2.38. The van der Waals surface area contributed by atoms with Gasteiger partial charge in [0.2, 0.25) is 0 Å². The molecule has 0 unspecified atom stereocenters. The van der Waals surface area contributed by atoms with Gasteiger partial charge in [-0.05, 0) is 34.0 Å². The fourth-order valence-corrected chi connectivity index (χ4v) is 1.01. The third-order valence-corrected chi connectivity index (χ3v) is 1.77. The maximum atomic E-state index is 11.2. The quantitative estimate of drug-likeness (QED) is 0.684. The molecule has 0 aromatic carbocycles. The number of nitrogens with one attached hydrogen (secondary N) is 1. The summed E-state index contributed by atoms with van der Waals surface area (Å²) in [5.41, 5.74) is 0. The maximum absolute atomic E-state index is 11.2. The lowest BCUT2D eigenvalue weighted by Gasteiger charge is -2.18. The number of carbonyl (C=O) groups excluding carboxylic acids is 1. The van der Waals surface area contributed by atoms with E-state index < -0.39 is 0 Å². The molecular formula is C9H21N3O. The van der Waals surface area contributed by atoms with Crippen LogP contribution in [0.15, 0.2) is 0 Å². The third-order valence-electron chi connectivity index (χ3n) is 1.77. The molecule has 0 aliphatic heterocycles. The van der Waals surface area contributed by atoms with E-state index in [9.17, 15) is 4.79 Å². The van der Waals surface area contributed by atoms with E-state index in [1.54, 1.807) is 4.90 Å². The molecule has 0 spiro atoms. The monoisotopic (exact) mass is 187 g/mol. The van der Waals surface area contributed by atoms with Crippen LogP contribution in [0.25, 0.3) is 0 Å². The number of rotatable bonds is 5. The van der Waals surface area contributed by atoms with E-state index in [1.165, 1.54) is 0 Å². The van der Waals surface area contributed by atoms with Crippen molar-refractivity contribution in [2.24, 2.45) is 0 Å². The van der Waals surface area contributed by atoms with Crippen LogP contribution in [0.1, 0.15) is 13.3 Å². The van der Waals surface area contributed by atoms with Crippen molar-refractivity contribution in [3.05, 3.63) is 0 Å². The zero-order valence-electron chi connectivity index (χ0n) is 9.13. The molecule has 0 fully saturated rings. The first kappa shape index (κ1) is 12.2. The number of amides is 2. The molecule has 0 aromatic rings. The van der Waals surface area contributed by atoms with E-state index in [4.69, 9.17) is 0 Å². The molecule has 0 saturated heterocycles. The van der Waals surface area contributed by atoms with Crippen molar-refractivity contribution in [1.29, 1.82) is 0 Å². The molecule has 78 valence electrons. The summed E-state index contributed by atoms with van der Waals surface area (Å²) >= 11 is 0. The number of hydrogen-bond donors (Lipinski definition) is 1. The maximum Gasteiger partial charge on any atom is 0.317 e. The summed E-state index contributed by atoms with van der Waals surface area (Å²) in [4.78, 5) is 15.1. The second-order valence-corrected chi connectivity index (χ2v) is 3.41. The molecule has 0 heterocycles. The highest BCUT2D eigenvalue weighted by Gasteiger charge is 2.05. The summed E-state index contributed by atoms with van der Waals surface area (Å²) in [5, 5.41) is 2.76. The topological polar surface area (TPSA) is 35.6 Å². The number of carbonyl (C=O) groups is 1. The Balaban J connectivity index is 3.49. The van der Waals surface area contributed by atoms with E-state index in [1.807, 2.05) is 28.1 Å². The predicted molar refractivity (Wildman–Crippen MR) is 54.9 cm³/mol. The zero-order chi connectivity index (χ0) is 10.3. The van der Waals surface area contributed by atoms with Crippen molar-refractivity contribution in [2.75, 3.05) is 40.8 Å². The molecule has 4 heteroatoms. The van der Waals surface area contributed by atoms with Crippen LogP contribution < -0.4 is 5.32 Å². The van der Waals surface area contributed by atoms with Gasteiger partial charge in [-0.3, -0.25) is 0 Å². The third kappa shape index (κ3) is 6.40. The summed E-state index contributed by atoms with van der Waals surface area (Å²) in [6.45, 7) is 4.44. The zero-order valence-corrected chi connectivity index (χ0v) is 9.13. The molecule has 0 aromatic heterocycles. The lowest BCUT2D eigenvalue weighted by atomic mass is 10.4. The van der Waals surface area contributed by atoms with Crippen molar-refractivity contribution in [1.82, 2.24) is 15.1 Å². The fourth-order valence-electron chi connectivity index (χ4n) is 1.01. The van der Waals surface area contributed by atoms with Crippen LogP contribution in [0.4, 0.5) is 4.79 Å². The Morgan fingerprint density at radius 1 is 1.23 bits per heavy atom. The molecule has 0 radical (unpaired) electrons. The van der Waals surface area contributed by atoms with Crippen molar-refractivity contribution >= 4 is 6.03 Å². The molecular weight excluding hydrogens is 166 g/mol. The Labute approximate surface area is 80.9 Å². The average molecular weight is 187 g/mol. The largest absolute Gasteiger partial charge is 0.338 e. The van der Waals surface area contributed by atoms with Crippen LogP contribution in [0.5, 0.6) is 0 Å². The van der Waals surface area contributed by atoms with Crippen LogP contribution in [0.3, 0.4) is 0 Å². The van der Waals surface area contributed by atoms with Crippen LogP contribution in [-0.4, -0.2) is 56.6 Å². The number of urea groups is 1. The van der Waals surface area contributed by atoms with Gasteiger partial charge in [-0.2, -0.15) is 0 Å². The summed E-state index contributed by atoms with van der Waals surface area (Å²) < 4.78 is 0. The van der Waals surface area contributed by atoms with Gasteiger partial charge in [0.05, 0.1) is 0 Å². The van der Waals surface area contributed by atoms with Crippen LogP contribution in [0, 0.1) is 0 Å². The van der Waals surface area contributed by atoms with Gasteiger partial charge in [-0.15, -0.1) is 0 Å². The highest BCUT2D eigenvalue weighted by atomic mass is 16.2. The molecule has 2 amide bonds. The minimum absolute atomic E-state index is 0.0151. The smallest absolute Gasteiger partial charge is 0.317 e. The van der Waals surface area contributed by atoms with E-state index in [0.717, 1.165) is 19.5 Å². The Bertz CT molecular complexity index is 148. The minimum Gasteiger partial charge on any atom is -0.338 e. The van der Waals surface area contributed by atoms with Crippen molar-refractivity contribution < 1.29 is 4.79 Å². The second-order valence-electron chi connectivity index (χ2n) is 3.41. The Kier molecular flexibility index (Phi) is 6.32. The van der Waals surface area contributed by atoms with Crippen molar-refractivity contribution in [3.8, 4) is 0 Å². The molecule has 4 nitrogen and oxygen atoms in total. The molecule has 0 aliphatic rings. The molecule has 13 heavy (non-hydrogen) atoms. The van der Waals surface area contributed by atoms with Gasteiger partial charge in [0, 0.05) is 20.1 Å². The van der Waals surface area contributed by atoms with Crippen LogP contribution >= 0.6 is 0 Å². The first-order chi connectivity index (χ1) is 6.07. The average Bonchev–Trinajstić information content (AvgIpc) is 2.04. The molecule has 0 bridgehead atoms. The van der Waals surface area contributed by atoms with E-state index in [0.29, 0.717) is 6.54 Å². The van der Waals surface area contributed by atoms with Crippen LogP contribution in [0.2, 0.25) is 0 Å². The molecule has 0 aliphatic carbocycles. The molecule has 1 N–H and O–H groups in total. The minimum atomic E-state index is 0.0151. The highest BCUT2D eigenvalue weighted by molar-refractivity contribution is 5.73. The SMILES string of the molecule is CCNC(=O)N(C)CCCN(C)C. The summed E-state index contributed by atoms with van der Waals surface area (Å²) in [6, 6.07) is 0.0151. The van der Waals surface area contributed by atoms with Gasteiger partial charge >= 0.3 is 6.03 Å². The molecule has 0 rings (SSSR count). The van der Waals surface area contributed by atoms with Crippen molar-refractivity contribution in [3.63, 3.8) is 0 Å². The van der Waals surface area contributed by atoms with Gasteiger partial charge in [0.15, 0.2) is 0 Å². The van der Waals surface area contributed by atoms with E-state index >= 15 is 0 Å². The fraction of sp³-hybridized carbons (Fsp3) is 0.889. The van der Waals surface area contributed by atoms with E-state index in [-0.39, 0.29) is 6.03 Å². The Hall–Kier alpha value is -0.770. The Morgan fingerprint density at radius 2 is 1.85 bits per heavy atom. The van der Waals surface area contributed by atoms with Gasteiger partial charge in [0.25, 0.3) is 0 Å². The van der Waals surface area contributed by atoms with Gasteiger partial charge in [-0.1, -0.05) is 0 Å². The lowest BCUT2D eigenvalue weighted by molar-refractivity contribution is 0.207. The first-order valence-corrected chi connectivity index (χ1v) is 4.71. The molecule has 0 atom stereocenters.